The fourth-order valence-corrected chi connectivity index (χ4v) is 2.87. The maximum absolute atomic E-state index is 12.3. The lowest BCUT2D eigenvalue weighted by Gasteiger charge is -2.33. The van der Waals surface area contributed by atoms with Crippen LogP contribution in [-0.2, 0) is 9.53 Å². The van der Waals surface area contributed by atoms with Gasteiger partial charge in [-0.25, -0.2) is 4.79 Å². The zero-order valence-electron chi connectivity index (χ0n) is 13.7. The molecule has 1 fully saturated rings. The van der Waals surface area contributed by atoms with Crippen LogP contribution in [0.15, 0.2) is 30.5 Å². The summed E-state index contributed by atoms with van der Waals surface area (Å²) in [5.74, 6) is -0.0515. The summed E-state index contributed by atoms with van der Waals surface area (Å²) in [6.45, 7) is 4.99. The molecule has 1 aliphatic heterocycles. The summed E-state index contributed by atoms with van der Waals surface area (Å²) in [6.07, 6.45) is 1.53. The molecule has 24 heavy (non-hydrogen) atoms. The lowest BCUT2D eigenvalue weighted by atomic mass is 10.2. The maximum Gasteiger partial charge on any atom is 0.409 e. The molecule has 1 saturated heterocycles. The Morgan fingerprint density at radius 2 is 1.96 bits per heavy atom. The molecule has 128 valence electrons. The predicted molar refractivity (Wildman–Crippen MR) is 92.0 cm³/mol. The van der Waals surface area contributed by atoms with Crippen LogP contribution in [-0.4, -0.2) is 66.1 Å². The van der Waals surface area contributed by atoms with E-state index in [4.69, 9.17) is 4.74 Å². The van der Waals surface area contributed by atoms with E-state index in [0.717, 1.165) is 16.6 Å². The van der Waals surface area contributed by atoms with Crippen molar-refractivity contribution in [2.45, 2.75) is 6.92 Å². The van der Waals surface area contributed by atoms with Crippen LogP contribution in [0.3, 0.4) is 0 Å². The highest BCUT2D eigenvalue weighted by Crippen LogP contribution is 2.22. The largest absolute Gasteiger partial charge is 0.450 e. The Morgan fingerprint density at radius 3 is 2.71 bits per heavy atom. The summed E-state index contributed by atoms with van der Waals surface area (Å²) in [6, 6.07) is 7.84. The summed E-state index contributed by atoms with van der Waals surface area (Å²) in [5, 5.41) is 3.95. The fraction of sp³-hybridized carbons (Fsp3) is 0.412. The SMILES string of the molecule is CCOC(=O)N1CCN(CC(=O)Nc2c[nH]c3ccccc23)CC1. The van der Waals surface area contributed by atoms with E-state index >= 15 is 0 Å². The summed E-state index contributed by atoms with van der Waals surface area (Å²) >= 11 is 0. The highest BCUT2D eigenvalue weighted by Gasteiger charge is 2.23. The quantitative estimate of drug-likeness (QED) is 0.897. The third-order valence-corrected chi connectivity index (χ3v) is 4.13. The third kappa shape index (κ3) is 3.68. The van der Waals surface area contributed by atoms with Crippen molar-refractivity contribution in [3.8, 4) is 0 Å². The molecule has 3 rings (SSSR count). The number of H-pyrrole nitrogens is 1. The van der Waals surface area contributed by atoms with Gasteiger partial charge in [0.2, 0.25) is 5.91 Å². The number of benzene rings is 1. The number of amides is 2. The predicted octanol–water partition coefficient (Wildman–Crippen LogP) is 1.88. The Bertz CT molecular complexity index is 719. The number of para-hydroxylation sites is 1. The number of fused-ring (bicyclic) bond motifs is 1. The maximum atomic E-state index is 12.3. The Balaban J connectivity index is 1.50. The number of ether oxygens (including phenoxy) is 1. The average Bonchev–Trinajstić information content (AvgIpc) is 2.99. The zero-order chi connectivity index (χ0) is 16.9. The second kappa shape index (κ2) is 7.35. The molecular weight excluding hydrogens is 308 g/mol. The molecule has 2 aromatic rings. The van der Waals surface area contributed by atoms with Crippen molar-refractivity contribution >= 4 is 28.6 Å². The van der Waals surface area contributed by atoms with Crippen molar-refractivity contribution in [2.75, 3.05) is 44.6 Å². The Hall–Kier alpha value is -2.54. The molecule has 0 bridgehead atoms. The molecule has 2 N–H and O–H groups in total. The highest BCUT2D eigenvalue weighted by molar-refractivity contribution is 6.02. The van der Waals surface area contributed by atoms with E-state index in [2.05, 4.69) is 10.3 Å². The van der Waals surface area contributed by atoms with Crippen molar-refractivity contribution in [3.63, 3.8) is 0 Å². The lowest BCUT2D eigenvalue weighted by Crippen LogP contribution is -2.50. The summed E-state index contributed by atoms with van der Waals surface area (Å²) in [5.41, 5.74) is 1.79. The monoisotopic (exact) mass is 330 g/mol. The molecule has 0 saturated carbocycles. The minimum absolute atomic E-state index is 0.0515. The van der Waals surface area contributed by atoms with E-state index in [1.807, 2.05) is 29.2 Å². The van der Waals surface area contributed by atoms with Gasteiger partial charge in [0.15, 0.2) is 0 Å². The number of aromatic nitrogens is 1. The van der Waals surface area contributed by atoms with E-state index in [0.29, 0.717) is 39.3 Å². The van der Waals surface area contributed by atoms with Gasteiger partial charge in [0, 0.05) is 43.3 Å². The molecule has 1 aromatic carbocycles. The van der Waals surface area contributed by atoms with Crippen LogP contribution in [0.4, 0.5) is 10.5 Å². The summed E-state index contributed by atoms with van der Waals surface area (Å²) in [7, 11) is 0. The van der Waals surface area contributed by atoms with Crippen LogP contribution in [0, 0.1) is 0 Å². The molecule has 2 heterocycles. The van der Waals surface area contributed by atoms with Crippen LogP contribution in [0.1, 0.15) is 6.92 Å². The molecule has 2 amide bonds. The molecule has 7 heteroatoms. The smallest absolute Gasteiger partial charge is 0.409 e. The third-order valence-electron chi connectivity index (χ3n) is 4.13. The van der Waals surface area contributed by atoms with Gasteiger partial charge in [-0.2, -0.15) is 0 Å². The van der Waals surface area contributed by atoms with E-state index < -0.39 is 0 Å². The van der Waals surface area contributed by atoms with Crippen LogP contribution >= 0.6 is 0 Å². The average molecular weight is 330 g/mol. The van der Waals surface area contributed by atoms with Gasteiger partial charge < -0.3 is 19.9 Å². The van der Waals surface area contributed by atoms with Crippen molar-refractivity contribution in [2.24, 2.45) is 0 Å². The topological polar surface area (TPSA) is 77.7 Å². The molecular formula is C17H22N4O3. The first kappa shape index (κ1) is 16.3. The second-order valence-corrected chi connectivity index (χ2v) is 5.76. The minimum Gasteiger partial charge on any atom is -0.450 e. The van der Waals surface area contributed by atoms with E-state index in [1.54, 1.807) is 18.0 Å². The number of rotatable bonds is 4. The van der Waals surface area contributed by atoms with E-state index in [9.17, 15) is 9.59 Å². The van der Waals surface area contributed by atoms with E-state index in [-0.39, 0.29) is 12.0 Å². The first-order chi connectivity index (χ1) is 11.7. The van der Waals surface area contributed by atoms with Gasteiger partial charge >= 0.3 is 6.09 Å². The summed E-state index contributed by atoms with van der Waals surface area (Å²) in [4.78, 5) is 30.8. The van der Waals surface area contributed by atoms with Gasteiger partial charge in [0.05, 0.1) is 18.8 Å². The molecule has 0 unspecified atom stereocenters. The van der Waals surface area contributed by atoms with Crippen molar-refractivity contribution in [1.82, 2.24) is 14.8 Å². The normalized spacial score (nSPS) is 15.5. The van der Waals surface area contributed by atoms with Gasteiger partial charge in [-0.1, -0.05) is 18.2 Å². The van der Waals surface area contributed by atoms with Gasteiger partial charge in [-0.15, -0.1) is 0 Å². The van der Waals surface area contributed by atoms with E-state index in [1.165, 1.54) is 0 Å². The number of piperazine rings is 1. The van der Waals surface area contributed by atoms with Gasteiger partial charge in [-0.3, -0.25) is 9.69 Å². The fourth-order valence-electron chi connectivity index (χ4n) is 2.87. The number of hydrogen-bond acceptors (Lipinski definition) is 4. The number of carbonyl (C=O) groups excluding carboxylic acids is 2. The molecule has 0 atom stereocenters. The number of aromatic amines is 1. The van der Waals surface area contributed by atoms with Crippen LogP contribution < -0.4 is 5.32 Å². The zero-order valence-corrected chi connectivity index (χ0v) is 13.7. The summed E-state index contributed by atoms with van der Waals surface area (Å²) < 4.78 is 4.99. The Morgan fingerprint density at radius 1 is 1.21 bits per heavy atom. The standard InChI is InChI=1S/C17H22N4O3/c1-2-24-17(23)21-9-7-20(8-10-21)12-16(22)19-15-11-18-14-6-4-3-5-13(14)15/h3-6,11,18H,2,7-10,12H2,1H3,(H,19,22). The molecule has 1 aromatic heterocycles. The molecule has 0 radical (unpaired) electrons. The number of hydrogen-bond donors (Lipinski definition) is 2. The van der Waals surface area contributed by atoms with Crippen molar-refractivity contribution < 1.29 is 14.3 Å². The van der Waals surface area contributed by atoms with Crippen molar-refractivity contribution in [3.05, 3.63) is 30.5 Å². The first-order valence-corrected chi connectivity index (χ1v) is 8.17. The van der Waals surface area contributed by atoms with Crippen LogP contribution in [0.5, 0.6) is 0 Å². The lowest BCUT2D eigenvalue weighted by molar-refractivity contribution is -0.117. The number of nitrogens with zero attached hydrogens (tertiary/aromatic N) is 2. The van der Waals surface area contributed by atoms with Gasteiger partial charge in [0.25, 0.3) is 0 Å². The molecule has 0 aliphatic carbocycles. The van der Waals surface area contributed by atoms with Gasteiger partial charge in [0.1, 0.15) is 0 Å². The molecule has 0 spiro atoms. The second-order valence-electron chi connectivity index (χ2n) is 5.76. The van der Waals surface area contributed by atoms with Crippen LogP contribution in [0.2, 0.25) is 0 Å². The molecule has 1 aliphatic rings. The molecule has 7 nitrogen and oxygen atoms in total. The number of nitrogens with one attached hydrogen (secondary N) is 2. The van der Waals surface area contributed by atoms with Crippen molar-refractivity contribution in [1.29, 1.82) is 0 Å². The minimum atomic E-state index is -0.277. The first-order valence-electron chi connectivity index (χ1n) is 8.17. The highest BCUT2D eigenvalue weighted by atomic mass is 16.6. The number of carbonyl (C=O) groups is 2. The van der Waals surface area contributed by atoms with Crippen LogP contribution in [0.25, 0.3) is 10.9 Å². The number of anilines is 1. The van der Waals surface area contributed by atoms with Gasteiger partial charge in [-0.05, 0) is 13.0 Å². The Labute approximate surface area is 140 Å². The Kier molecular flexibility index (Phi) is 5.00.